The maximum absolute atomic E-state index is 12.8. The average Bonchev–Trinajstić information content (AvgIpc) is 3.24. The zero-order valence-electron chi connectivity index (χ0n) is 41.8. The molecule has 0 fully saturated rings. The number of nitrogens with zero attached hydrogens (tertiary/aromatic N) is 1. The number of quaternary nitrogens is 1. The Labute approximate surface area is 390 Å². The van der Waals surface area contributed by atoms with Gasteiger partial charge in [0, 0.05) is 13.0 Å². The van der Waals surface area contributed by atoms with Gasteiger partial charge in [-0.05, 0) is 83.5 Å². The number of carbonyl (C=O) groups excluding carboxylic acids is 1. The van der Waals surface area contributed by atoms with Crippen molar-refractivity contribution in [1.82, 2.24) is 0 Å². The smallest absolute Gasteiger partial charge is 0.457 e. The molecule has 1 N–H and O–H groups in total. The summed E-state index contributed by atoms with van der Waals surface area (Å²) in [7, 11) is 1.65. The van der Waals surface area contributed by atoms with Crippen molar-refractivity contribution < 1.29 is 37.3 Å². The summed E-state index contributed by atoms with van der Waals surface area (Å²) in [6.07, 6.45) is 59.7. The molecular formula is C54H101NO7P+. The molecule has 0 bridgehead atoms. The van der Waals surface area contributed by atoms with Crippen LogP contribution in [0.3, 0.4) is 0 Å². The molecule has 0 saturated heterocycles. The molecule has 0 spiro atoms. The van der Waals surface area contributed by atoms with Crippen LogP contribution < -0.4 is 0 Å². The van der Waals surface area contributed by atoms with Crippen LogP contribution >= 0.6 is 7.82 Å². The zero-order valence-corrected chi connectivity index (χ0v) is 42.7. The van der Waals surface area contributed by atoms with E-state index in [1.807, 2.05) is 21.1 Å². The van der Waals surface area contributed by atoms with Gasteiger partial charge in [-0.15, -0.1) is 0 Å². The van der Waals surface area contributed by atoms with E-state index in [0.717, 1.165) is 57.8 Å². The minimum atomic E-state index is -4.29. The van der Waals surface area contributed by atoms with Crippen LogP contribution in [0.15, 0.2) is 60.8 Å². The topological polar surface area (TPSA) is 91.3 Å². The molecule has 0 rings (SSSR count). The zero-order chi connectivity index (χ0) is 46.2. The van der Waals surface area contributed by atoms with Crippen LogP contribution in [-0.4, -0.2) is 75.6 Å². The Kier molecular flexibility index (Phi) is 45.4. The number of rotatable bonds is 48. The van der Waals surface area contributed by atoms with E-state index in [9.17, 15) is 14.3 Å². The Morgan fingerprint density at radius 2 is 0.873 bits per heavy atom. The van der Waals surface area contributed by atoms with Gasteiger partial charge in [-0.1, -0.05) is 190 Å². The number of hydrogen-bond donors (Lipinski definition) is 1. The molecule has 9 heteroatoms. The molecule has 0 radical (unpaired) electrons. The summed E-state index contributed by atoms with van der Waals surface area (Å²) < 4.78 is 35.2. The standard InChI is InChI=1S/C54H100NO7P/c1-6-8-10-12-14-16-18-20-22-24-26-27-28-30-32-34-36-38-40-42-44-46-49-59-51-53(52-61-63(57,58)60-50-48-55(3,4)5)62-54(56)47-45-43-41-39-37-35-33-31-29-25-23-21-19-17-15-13-11-9-7-2/h15,17-18,20-21,23-24,26,28,30,53H,6-14,16,19,22,25,27,29,31-52H2,1-5H3/p+1/b17-15-,20-18-,23-21-,26-24-,30-28-. The summed E-state index contributed by atoms with van der Waals surface area (Å²) >= 11 is 0. The monoisotopic (exact) mass is 907 g/mol. The first-order valence-electron chi connectivity index (χ1n) is 26.0. The van der Waals surface area contributed by atoms with Gasteiger partial charge in [0.15, 0.2) is 0 Å². The highest BCUT2D eigenvalue weighted by Gasteiger charge is 2.26. The summed E-state index contributed by atoms with van der Waals surface area (Å²) in [6, 6.07) is 0. The molecule has 0 amide bonds. The maximum atomic E-state index is 12.8. The van der Waals surface area contributed by atoms with Crippen LogP contribution in [0.1, 0.15) is 219 Å². The van der Waals surface area contributed by atoms with E-state index in [4.69, 9.17) is 18.5 Å². The Hall–Kier alpha value is -1.80. The Morgan fingerprint density at radius 3 is 1.33 bits per heavy atom. The van der Waals surface area contributed by atoms with Crippen molar-refractivity contribution in [3.63, 3.8) is 0 Å². The number of carbonyl (C=O) groups is 1. The number of allylic oxidation sites excluding steroid dienone is 10. The molecule has 0 aliphatic heterocycles. The van der Waals surface area contributed by atoms with Crippen molar-refractivity contribution >= 4 is 13.8 Å². The number of esters is 1. The molecular weight excluding hydrogens is 806 g/mol. The highest BCUT2D eigenvalue weighted by Crippen LogP contribution is 2.43. The van der Waals surface area contributed by atoms with Gasteiger partial charge in [0.1, 0.15) is 19.3 Å². The number of phosphoric ester groups is 1. The van der Waals surface area contributed by atoms with Gasteiger partial charge >= 0.3 is 13.8 Å². The molecule has 2 unspecified atom stereocenters. The Balaban J connectivity index is 4.18. The highest BCUT2D eigenvalue weighted by molar-refractivity contribution is 7.47. The summed E-state index contributed by atoms with van der Waals surface area (Å²) in [6.45, 7) is 5.57. The molecule has 63 heavy (non-hydrogen) atoms. The highest BCUT2D eigenvalue weighted by atomic mass is 31.2. The number of ether oxygens (including phenoxy) is 2. The lowest BCUT2D eigenvalue weighted by molar-refractivity contribution is -0.870. The number of phosphoric acid groups is 1. The molecule has 2 atom stereocenters. The normalized spacial score (nSPS) is 14.1. The third kappa shape index (κ3) is 51.1. The minimum Gasteiger partial charge on any atom is -0.457 e. The fourth-order valence-corrected chi connectivity index (χ4v) is 7.74. The van der Waals surface area contributed by atoms with Gasteiger partial charge in [0.25, 0.3) is 0 Å². The van der Waals surface area contributed by atoms with Crippen LogP contribution in [0.4, 0.5) is 0 Å². The summed E-state index contributed by atoms with van der Waals surface area (Å²) in [5, 5.41) is 0. The second-order valence-corrected chi connectivity index (χ2v) is 20.0. The molecule has 0 aliphatic rings. The van der Waals surface area contributed by atoms with E-state index in [1.54, 1.807) is 0 Å². The van der Waals surface area contributed by atoms with Crippen molar-refractivity contribution in [1.29, 1.82) is 0 Å². The van der Waals surface area contributed by atoms with Gasteiger partial charge in [-0.2, -0.15) is 0 Å². The maximum Gasteiger partial charge on any atom is 0.472 e. The van der Waals surface area contributed by atoms with Crippen LogP contribution in [0.25, 0.3) is 0 Å². The van der Waals surface area contributed by atoms with Gasteiger partial charge in [0.2, 0.25) is 0 Å². The molecule has 368 valence electrons. The van der Waals surface area contributed by atoms with E-state index in [0.29, 0.717) is 24.1 Å². The minimum absolute atomic E-state index is 0.0834. The molecule has 0 aromatic rings. The first-order chi connectivity index (χ1) is 30.6. The van der Waals surface area contributed by atoms with Gasteiger partial charge in [-0.25, -0.2) is 4.57 Å². The molecule has 0 saturated carbocycles. The predicted molar refractivity (Wildman–Crippen MR) is 270 cm³/mol. The lowest BCUT2D eigenvalue weighted by Crippen LogP contribution is -2.37. The summed E-state index contributed by atoms with van der Waals surface area (Å²) in [4.78, 5) is 23.0. The predicted octanol–water partition coefficient (Wildman–Crippen LogP) is 16.1. The van der Waals surface area contributed by atoms with Crippen molar-refractivity contribution in [2.45, 2.75) is 225 Å². The number of likely N-dealkylation sites (N-methyl/N-ethyl adjacent to an activating group) is 1. The molecule has 0 aliphatic carbocycles. The van der Waals surface area contributed by atoms with Crippen LogP contribution in [-0.2, 0) is 27.9 Å². The van der Waals surface area contributed by atoms with Crippen molar-refractivity contribution in [2.24, 2.45) is 0 Å². The van der Waals surface area contributed by atoms with E-state index >= 15 is 0 Å². The molecule has 8 nitrogen and oxygen atoms in total. The lowest BCUT2D eigenvalue weighted by atomic mass is 10.1. The number of hydrogen-bond acceptors (Lipinski definition) is 6. The largest absolute Gasteiger partial charge is 0.472 e. The molecule has 0 aromatic heterocycles. The van der Waals surface area contributed by atoms with Crippen LogP contribution in [0.5, 0.6) is 0 Å². The third-order valence-corrected chi connectivity index (χ3v) is 12.0. The summed E-state index contributed by atoms with van der Waals surface area (Å²) in [5.41, 5.74) is 0. The van der Waals surface area contributed by atoms with Crippen molar-refractivity contribution in [2.75, 3.05) is 54.1 Å². The van der Waals surface area contributed by atoms with Crippen molar-refractivity contribution in [3.8, 4) is 0 Å². The second-order valence-electron chi connectivity index (χ2n) is 18.5. The van der Waals surface area contributed by atoms with Crippen LogP contribution in [0, 0.1) is 0 Å². The summed E-state index contributed by atoms with van der Waals surface area (Å²) in [5.74, 6) is -0.322. The van der Waals surface area contributed by atoms with Gasteiger partial charge in [-0.3, -0.25) is 13.8 Å². The van der Waals surface area contributed by atoms with Gasteiger partial charge in [0.05, 0.1) is 34.4 Å². The Bertz CT molecular complexity index is 1190. The first-order valence-corrected chi connectivity index (χ1v) is 27.5. The fourth-order valence-electron chi connectivity index (χ4n) is 7.00. The molecule has 0 aromatic carbocycles. The Morgan fingerprint density at radius 1 is 0.492 bits per heavy atom. The van der Waals surface area contributed by atoms with E-state index in [2.05, 4.69) is 74.6 Å². The van der Waals surface area contributed by atoms with Gasteiger partial charge < -0.3 is 18.9 Å². The van der Waals surface area contributed by atoms with E-state index in [1.165, 1.54) is 141 Å². The third-order valence-electron chi connectivity index (χ3n) is 11.1. The first kappa shape index (κ1) is 61.2. The fraction of sp³-hybridized carbons (Fsp3) is 0.796. The quantitative estimate of drug-likeness (QED) is 0.0214. The van der Waals surface area contributed by atoms with E-state index < -0.39 is 13.9 Å². The second kappa shape index (κ2) is 46.7. The van der Waals surface area contributed by atoms with Crippen LogP contribution in [0.2, 0.25) is 0 Å². The SMILES string of the molecule is CCCCC/C=C\C/C=C\CCCCCCCCCCCC(=O)OC(COCCCCCCCCC/C=C\C/C=C\C/C=C\CCCCCCC)COP(=O)(O)OCC[N+](C)(C)C. The van der Waals surface area contributed by atoms with Crippen molar-refractivity contribution in [3.05, 3.63) is 60.8 Å². The average molecular weight is 907 g/mol. The lowest BCUT2D eigenvalue weighted by Gasteiger charge is -2.24. The molecule has 0 heterocycles. The number of unbranched alkanes of at least 4 members (excludes halogenated alkanes) is 24. The van der Waals surface area contributed by atoms with E-state index in [-0.39, 0.29) is 25.8 Å².